The lowest BCUT2D eigenvalue weighted by atomic mass is 11.0. The van der Waals surface area contributed by atoms with Gasteiger partial charge in [-0.3, -0.25) is 0 Å². The van der Waals surface area contributed by atoms with Crippen LogP contribution in [0.15, 0.2) is 0 Å². The molecule has 0 aromatic carbocycles. The van der Waals surface area contributed by atoms with E-state index in [1.54, 1.807) is 6.66 Å². The molecule has 38 valence electrons. The maximum absolute atomic E-state index is 8.75. The molecule has 0 radical (unpaired) electrons. The summed E-state index contributed by atoms with van der Waals surface area (Å²) in [6, 6.07) is 0. The first kappa shape index (κ1) is 6.61. The summed E-state index contributed by atoms with van der Waals surface area (Å²) in [4.78, 5) is 8.75. The van der Waals surface area contributed by atoms with Gasteiger partial charge < -0.3 is 4.89 Å². The third kappa shape index (κ3) is 4.61. The van der Waals surface area contributed by atoms with Crippen molar-refractivity contribution in [1.82, 2.24) is 0 Å². The zero-order valence-electron chi connectivity index (χ0n) is 4.01. The van der Waals surface area contributed by atoms with Gasteiger partial charge in [-0.1, -0.05) is 18.7 Å². The van der Waals surface area contributed by atoms with Crippen molar-refractivity contribution < 1.29 is 4.89 Å². The number of hydrogen-bond donors (Lipinski definition) is 1. The molecule has 1 unspecified atom stereocenters. The van der Waals surface area contributed by atoms with E-state index in [9.17, 15) is 0 Å². The molecular formula is C3H9OPS. The van der Waals surface area contributed by atoms with Crippen molar-refractivity contribution in [3.05, 3.63) is 0 Å². The SMILES string of the molecule is CCP(C)(O)=S. The van der Waals surface area contributed by atoms with E-state index in [0.29, 0.717) is 0 Å². The molecule has 1 N–H and O–H groups in total. The summed E-state index contributed by atoms with van der Waals surface area (Å²) < 4.78 is 0. The standard InChI is InChI=1S/C3H9OPS/c1-3-5(2,4)6/h3H2,1-2H3,(H,4,6). The molecule has 6 heavy (non-hydrogen) atoms. The monoisotopic (exact) mass is 124 g/mol. The summed E-state index contributed by atoms with van der Waals surface area (Å²) in [5.74, 6) is 0. The first-order valence-electron chi connectivity index (χ1n) is 1.85. The van der Waals surface area contributed by atoms with Gasteiger partial charge in [0.05, 0.1) is 6.26 Å². The molecule has 0 saturated heterocycles. The van der Waals surface area contributed by atoms with Crippen LogP contribution in [0.4, 0.5) is 0 Å². The zero-order chi connectivity index (χ0) is 5.21. The van der Waals surface area contributed by atoms with E-state index in [1.807, 2.05) is 6.92 Å². The Kier molecular flexibility index (Phi) is 2.27. The molecule has 0 heterocycles. The fourth-order valence-electron chi connectivity index (χ4n) is 0. The predicted octanol–water partition coefficient (Wildman–Crippen LogP) is 1.02. The normalized spacial score (nSPS) is 19.8. The van der Waals surface area contributed by atoms with Crippen LogP contribution in [0.3, 0.4) is 0 Å². The average Bonchev–Trinajstić information content (AvgIpc) is 1.35. The van der Waals surface area contributed by atoms with Crippen molar-refractivity contribution in [3.63, 3.8) is 0 Å². The molecule has 0 aromatic heterocycles. The molecule has 0 bridgehead atoms. The summed E-state index contributed by atoms with van der Waals surface area (Å²) >= 11 is 4.65. The van der Waals surface area contributed by atoms with Gasteiger partial charge in [-0.05, 0) is 12.8 Å². The molecule has 0 aliphatic carbocycles. The second-order valence-electron chi connectivity index (χ2n) is 1.37. The smallest absolute Gasteiger partial charge is 0.0605 e. The van der Waals surface area contributed by atoms with Gasteiger partial charge in [0.25, 0.3) is 0 Å². The van der Waals surface area contributed by atoms with Crippen LogP contribution in [-0.4, -0.2) is 17.7 Å². The Morgan fingerprint density at radius 2 is 2.00 bits per heavy atom. The van der Waals surface area contributed by atoms with Gasteiger partial charge in [-0.25, -0.2) is 0 Å². The van der Waals surface area contributed by atoms with Crippen LogP contribution in [0, 0.1) is 0 Å². The Labute approximate surface area is 43.5 Å². The quantitative estimate of drug-likeness (QED) is 0.527. The molecular weight excluding hydrogens is 115 g/mol. The lowest BCUT2D eigenvalue weighted by Gasteiger charge is -1.99. The van der Waals surface area contributed by atoms with E-state index in [2.05, 4.69) is 11.8 Å². The summed E-state index contributed by atoms with van der Waals surface area (Å²) in [6.45, 7) is 3.63. The first-order chi connectivity index (χ1) is 2.56. The first-order valence-corrected chi connectivity index (χ1v) is 5.24. The Bertz CT molecular complexity index is 74.9. The Morgan fingerprint density at radius 3 is 2.00 bits per heavy atom. The van der Waals surface area contributed by atoms with Gasteiger partial charge in [0.15, 0.2) is 0 Å². The van der Waals surface area contributed by atoms with Crippen LogP contribution in [0.1, 0.15) is 6.92 Å². The highest BCUT2D eigenvalue weighted by Gasteiger charge is 1.95. The fourth-order valence-corrected chi connectivity index (χ4v) is 0. The van der Waals surface area contributed by atoms with E-state index < -0.39 is 6.26 Å². The van der Waals surface area contributed by atoms with Crippen LogP contribution in [-0.2, 0) is 11.8 Å². The van der Waals surface area contributed by atoms with Crippen LogP contribution < -0.4 is 0 Å². The molecule has 0 aromatic rings. The second-order valence-corrected chi connectivity index (χ2v) is 6.46. The van der Waals surface area contributed by atoms with Crippen LogP contribution in [0.2, 0.25) is 0 Å². The third-order valence-corrected chi connectivity index (χ3v) is 2.53. The fraction of sp³-hybridized carbons (Fsp3) is 1.00. The molecule has 0 spiro atoms. The molecule has 0 saturated carbocycles. The molecule has 1 atom stereocenters. The number of rotatable bonds is 1. The largest absolute Gasteiger partial charge is 0.365 e. The molecule has 0 aliphatic rings. The molecule has 0 rings (SSSR count). The van der Waals surface area contributed by atoms with Crippen LogP contribution in [0.25, 0.3) is 0 Å². The second kappa shape index (κ2) is 2.06. The van der Waals surface area contributed by atoms with Crippen molar-refractivity contribution >= 4 is 18.1 Å². The van der Waals surface area contributed by atoms with Gasteiger partial charge in [-0.2, -0.15) is 0 Å². The van der Waals surface area contributed by atoms with Gasteiger partial charge in [0, 0.05) is 0 Å². The zero-order valence-corrected chi connectivity index (χ0v) is 5.72. The van der Waals surface area contributed by atoms with Gasteiger partial charge in [-0.15, -0.1) is 0 Å². The van der Waals surface area contributed by atoms with Crippen LogP contribution >= 0.6 is 6.26 Å². The summed E-state index contributed by atoms with van der Waals surface area (Å²) in [5.41, 5.74) is 0. The predicted molar refractivity (Wildman–Crippen MR) is 33.0 cm³/mol. The average molecular weight is 124 g/mol. The Hall–Kier alpha value is 0.610. The highest BCUT2D eigenvalue weighted by atomic mass is 32.4. The minimum atomic E-state index is -1.81. The summed E-state index contributed by atoms with van der Waals surface area (Å²) in [7, 11) is 0. The molecule has 3 heteroatoms. The Balaban J connectivity index is 3.48. The molecule has 1 nitrogen and oxygen atoms in total. The van der Waals surface area contributed by atoms with Crippen molar-refractivity contribution in [2.45, 2.75) is 6.92 Å². The van der Waals surface area contributed by atoms with E-state index in [0.717, 1.165) is 6.16 Å². The number of hydrogen-bond acceptors (Lipinski definition) is 1. The topological polar surface area (TPSA) is 20.2 Å². The lowest BCUT2D eigenvalue weighted by molar-refractivity contribution is 0.629. The van der Waals surface area contributed by atoms with E-state index in [-0.39, 0.29) is 0 Å². The molecule has 0 amide bonds. The van der Waals surface area contributed by atoms with Crippen LogP contribution in [0.5, 0.6) is 0 Å². The van der Waals surface area contributed by atoms with Gasteiger partial charge in [0.1, 0.15) is 0 Å². The van der Waals surface area contributed by atoms with E-state index >= 15 is 0 Å². The van der Waals surface area contributed by atoms with Gasteiger partial charge >= 0.3 is 0 Å². The minimum Gasteiger partial charge on any atom is -0.365 e. The van der Waals surface area contributed by atoms with Crippen molar-refractivity contribution in [2.75, 3.05) is 12.8 Å². The van der Waals surface area contributed by atoms with E-state index in [4.69, 9.17) is 4.89 Å². The highest BCUT2D eigenvalue weighted by Crippen LogP contribution is 2.33. The summed E-state index contributed by atoms with van der Waals surface area (Å²) in [5, 5.41) is 0. The third-order valence-electron chi connectivity index (χ3n) is 0.587. The Morgan fingerprint density at radius 1 is 1.83 bits per heavy atom. The van der Waals surface area contributed by atoms with E-state index in [1.165, 1.54) is 0 Å². The highest BCUT2D eigenvalue weighted by molar-refractivity contribution is 8.11. The van der Waals surface area contributed by atoms with Crippen molar-refractivity contribution in [2.24, 2.45) is 0 Å². The van der Waals surface area contributed by atoms with Crippen molar-refractivity contribution in [1.29, 1.82) is 0 Å². The maximum atomic E-state index is 8.75. The molecule has 0 aliphatic heterocycles. The maximum Gasteiger partial charge on any atom is 0.0605 e. The van der Waals surface area contributed by atoms with Gasteiger partial charge in [0.2, 0.25) is 0 Å². The minimum absolute atomic E-state index is 0.752. The van der Waals surface area contributed by atoms with Crippen molar-refractivity contribution in [3.8, 4) is 0 Å². The molecule has 0 fully saturated rings. The lowest BCUT2D eigenvalue weighted by Crippen LogP contribution is -1.74. The summed E-state index contributed by atoms with van der Waals surface area (Å²) in [6.07, 6.45) is -1.06.